The monoisotopic (exact) mass is 315 g/mol. The van der Waals surface area contributed by atoms with Crippen molar-refractivity contribution in [1.29, 1.82) is 5.26 Å². The smallest absolute Gasteiger partial charge is 0.174 e. The van der Waals surface area contributed by atoms with Crippen LogP contribution in [0.1, 0.15) is 5.56 Å². The normalized spacial score (nSPS) is 10.1. The highest BCUT2D eigenvalue weighted by molar-refractivity contribution is 9.10. The third kappa shape index (κ3) is 2.24. The molecule has 80 valence electrons. The molecule has 0 aliphatic rings. The van der Waals surface area contributed by atoms with E-state index in [2.05, 4.69) is 25.3 Å². The molecule has 0 bridgehead atoms. The van der Waals surface area contributed by atoms with Crippen LogP contribution >= 0.6 is 39.2 Å². The second-order valence-electron chi connectivity index (χ2n) is 2.66. The Morgan fingerprint density at radius 1 is 1.50 bits per heavy atom. The van der Waals surface area contributed by atoms with Gasteiger partial charge in [-0.25, -0.2) is 9.37 Å². The largest absolute Gasteiger partial charge is 0.216 e. The van der Waals surface area contributed by atoms with Gasteiger partial charge < -0.3 is 0 Å². The lowest BCUT2D eigenvalue weighted by Crippen LogP contribution is -1.87. The molecule has 1 aromatic carbocycles. The van der Waals surface area contributed by atoms with Crippen LogP contribution in [-0.2, 0) is 0 Å². The maximum Gasteiger partial charge on any atom is 0.174 e. The first-order chi connectivity index (χ1) is 7.72. The summed E-state index contributed by atoms with van der Waals surface area (Å²) >= 11 is 5.43. The van der Waals surface area contributed by atoms with Gasteiger partial charge in [0.2, 0.25) is 0 Å². The molecule has 2 aromatic rings. The fourth-order valence-electron chi connectivity index (χ4n) is 0.999. The van der Waals surface area contributed by atoms with Gasteiger partial charge in [-0.3, -0.25) is 0 Å². The molecule has 0 unspecified atom stereocenters. The number of rotatable bonds is 2. The molecule has 7 heteroatoms. The Kier molecular flexibility index (Phi) is 3.53. The first-order valence-electron chi connectivity index (χ1n) is 4.05. The Bertz CT molecular complexity index is 551. The molecule has 3 nitrogen and oxygen atoms in total. The van der Waals surface area contributed by atoms with Crippen LogP contribution < -0.4 is 0 Å². The molecule has 1 aromatic heterocycles. The lowest BCUT2D eigenvalue weighted by molar-refractivity contribution is 0.594. The van der Waals surface area contributed by atoms with Gasteiger partial charge in [0.1, 0.15) is 12.4 Å². The molecular weight excluding hydrogens is 313 g/mol. The van der Waals surface area contributed by atoms with Gasteiger partial charge >= 0.3 is 0 Å². The van der Waals surface area contributed by atoms with Crippen molar-refractivity contribution in [3.05, 3.63) is 34.3 Å². The maximum atomic E-state index is 13.8. The average Bonchev–Trinajstić information content (AvgIpc) is 2.78. The molecule has 0 N–H and O–H groups in total. The van der Waals surface area contributed by atoms with Crippen molar-refractivity contribution >= 4 is 39.2 Å². The van der Waals surface area contributed by atoms with Crippen molar-refractivity contribution in [2.45, 2.75) is 9.24 Å². The van der Waals surface area contributed by atoms with Gasteiger partial charge in [-0.2, -0.15) is 9.64 Å². The first kappa shape index (κ1) is 11.5. The summed E-state index contributed by atoms with van der Waals surface area (Å²) in [5.74, 6) is -0.445. The Hall–Kier alpha value is -0.970. The van der Waals surface area contributed by atoms with Gasteiger partial charge in [-0.1, -0.05) is 11.8 Å². The SMILES string of the molecule is N#Cc1ccc(Sc2ncns2)c(F)c1Br. The predicted octanol–water partition coefficient (Wildman–Crippen LogP) is 3.46. The summed E-state index contributed by atoms with van der Waals surface area (Å²) in [6.45, 7) is 0. The topological polar surface area (TPSA) is 49.6 Å². The third-order valence-electron chi connectivity index (χ3n) is 1.71. The standard InChI is InChI=1S/C9H3BrFN3S2/c10-7-5(3-12)1-2-6(8(7)11)15-9-13-4-14-16-9/h1-2,4H. The summed E-state index contributed by atoms with van der Waals surface area (Å²) in [6, 6.07) is 5.03. The molecule has 0 amide bonds. The van der Waals surface area contributed by atoms with Crippen LogP contribution in [-0.4, -0.2) is 9.36 Å². The number of aromatic nitrogens is 2. The summed E-state index contributed by atoms with van der Waals surface area (Å²) in [5, 5.41) is 8.72. The van der Waals surface area contributed by atoms with E-state index in [1.807, 2.05) is 6.07 Å². The molecule has 0 radical (unpaired) electrons. The fourth-order valence-corrected chi connectivity index (χ4v) is 3.01. The minimum atomic E-state index is -0.445. The molecular formula is C9H3BrFN3S2. The van der Waals surface area contributed by atoms with Gasteiger partial charge in [0, 0.05) is 0 Å². The van der Waals surface area contributed by atoms with Crippen LogP contribution in [0.2, 0.25) is 0 Å². The highest BCUT2D eigenvalue weighted by atomic mass is 79.9. The minimum Gasteiger partial charge on any atom is -0.216 e. The van der Waals surface area contributed by atoms with E-state index < -0.39 is 5.82 Å². The predicted molar refractivity (Wildman–Crippen MR) is 62.8 cm³/mol. The van der Waals surface area contributed by atoms with Crippen LogP contribution in [0.4, 0.5) is 4.39 Å². The van der Waals surface area contributed by atoms with E-state index in [0.717, 1.165) is 0 Å². The second kappa shape index (κ2) is 4.91. The molecule has 0 saturated carbocycles. The number of hydrogen-bond acceptors (Lipinski definition) is 5. The second-order valence-corrected chi connectivity index (χ2v) is 5.52. The molecule has 2 rings (SSSR count). The zero-order valence-electron chi connectivity index (χ0n) is 7.65. The van der Waals surface area contributed by atoms with E-state index in [4.69, 9.17) is 5.26 Å². The van der Waals surface area contributed by atoms with E-state index in [1.165, 1.54) is 29.6 Å². The van der Waals surface area contributed by atoms with Crippen molar-refractivity contribution in [2.75, 3.05) is 0 Å². The zero-order valence-corrected chi connectivity index (χ0v) is 10.9. The number of halogens is 2. The summed E-state index contributed by atoms with van der Waals surface area (Å²) in [7, 11) is 0. The van der Waals surface area contributed by atoms with Crippen molar-refractivity contribution in [1.82, 2.24) is 9.36 Å². The molecule has 0 atom stereocenters. The highest BCUT2D eigenvalue weighted by Gasteiger charge is 2.13. The lowest BCUT2D eigenvalue weighted by Gasteiger charge is -2.02. The van der Waals surface area contributed by atoms with Crippen molar-refractivity contribution < 1.29 is 4.39 Å². The van der Waals surface area contributed by atoms with E-state index in [0.29, 0.717) is 9.24 Å². The Labute approximate surface area is 108 Å². The lowest BCUT2D eigenvalue weighted by atomic mass is 10.2. The van der Waals surface area contributed by atoms with Crippen LogP contribution in [0.5, 0.6) is 0 Å². The number of benzene rings is 1. The number of hydrogen-bond donors (Lipinski definition) is 0. The third-order valence-corrected chi connectivity index (χ3v) is 4.23. The molecule has 0 aliphatic heterocycles. The van der Waals surface area contributed by atoms with Crippen LogP contribution in [0.25, 0.3) is 0 Å². The number of nitriles is 1. The molecule has 1 heterocycles. The van der Waals surface area contributed by atoms with Crippen LogP contribution in [0, 0.1) is 17.1 Å². The minimum absolute atomic E-state index is 0.185. The van der Waals surface area contributed by atoms with E-state index in [1.54, 1.807) is 12.1 Å². The van der Waals surface area contributed by atoms with Gasteiger partial charge in [0.15, 0.2) is 10.2 Å². The molecule has 0 fully saturated rings. The Balaban J connectivity index is 2.37. The number of nitrogens with zero attached hydrogens (tertiary/aromatic N) is 3. The Morgan fingerprint density at radius 3 is 2.94 bits per heavy atom. The van der Waals surface area contributed by atoms with E-state index in [9.17, 15) is 4.39 Å². The molecule has 0 saturated heterocycles. The fraction of sp³-hybridized carbons (Fsp3) is 0. The van der Waals surface area contributed by atoms with Crippen molar-refractivity contribution in [2.24, 2.45) is 0 Å². The molecule has 0 aliphatic carbocycles. The summed E-state index contributed by atoms with van der Waals surface area (Å²) in [4.78, 5) is 4.37. The van der Waals surface area contributed by atoms with E-state index >= 15 is 0 Å². The molecule has 0 spiro atoms. The van der Waals surface area contributed by atoms with Gasteiger partial charge in [0.25, 0.3) is 0 Å². The molecule has 16 heavy (non-hydrogen) atoms. The van der Waals surface area contributed by atoms with Crippen molar-refractivity contribution in [3.8, 4) is 6.07 Å². The van der Waals surface area contributed by atoms with Crippen LogP contribution in [0.15, 0.2) is 32.2 Å². The summed E-state index contributed by atoms with van der Waals surface area (Å²) in [5.41, 5.74) is 0.277. The summed E-state index contributed by atoms with van der Waals surface area (Å²) in [6.07, 6.45) is 1.42. The zero-order chi connectivity index (χ0) is 11.5. The highest BCUT2D eigenvalue weighted by Crippen LogP contribution is 2.34. The van der Waals surface area contributed by atoms with E-state index in [-0.39, 0.29) is 10.0 Å². The summed E-state index contributed by atoms with van der Waals surface area (Å²) < 4.78 is 18.5. The van der Waals surface area contributed by atoms with Gasteiger partial charge in [0.05, 0.1) is 14.9 Å². The van der Waals surface area contributed by atoms with Gasteiger partial charge in [-0.05, 0) is 39.6 Å². The average molecular weight is 316 g/mol. The van der Waals surface area contributed by atoms with Crippen LogP contribution in [0.3, 0.4) is 0 Å². The Morgan fingerprint density at radius 2 is 2.31 bits per heavy atom. The van der Waals surface area contributed by atoms with Crippen molar-refractivity contribution in [3.63, 3.8) is 0 Å². The quantitative estimate of drug-likeness (QED) is 0.851. The first-order valence-corrected chi connectivity index (χ1v) is 6.43. The van der Waals surface area contributed by atoms with Gasteiger partial charge in [-0.15, -0.1) is 0 Å². The maximum absolute atomic E-state index is 13.8.